The molecule has 0 radical (unpaired) electrons. The molecule has 0 unspecified atom stereocenters. The van der Waals surface area contributed by atoms with Gasteiger partial charge in [0.25, 0.3) is 0 Å². The Balaban J connectivity index is 3.32. The number of rotatable bonds is 15. The summed E-state index contributed by atoms with van der Waals surface area (Å²) in [6.45, 7) is 11.9. The molecule has 1 aliphatic rings. The first-order valence-corrected chi connectivity index (χ1v) is 19.0. The third-order valence-electron chi connectivity index (χ3n) is 5.57. The summed E-state index contributed by atoms with van der Waals surface area (Å²) in [5.74, 6) is -2.76. The van der Waals surface area contributed by atoms with Crippen LogP contribution in [-0.2, 0) is 71.1 Å². The third kappa shape index (κ3) is 14.7. The minimum absolute atomic E-state index is 0.0617. The molecule has 0 aliphatic carbocycles. The number of nitrogens with two attached hydrogens (primary N) is 1. The van der Waals surface area contributed by atoms with E-state index in [0.717, 1.165) is 44.3 Å². The maximum Gasteiger partial charge on any atom is 0.474 e. The van der Waals surface area contributed by atoms with Crippen LogP contribution in [-0.4, -0.2) is 97.7 Å². The minimum Gasteiger partial charge on any atom is -0.456 e. The van der Waals surface area contributed by atoms with Gasteiger partial charge in [-0.05, 0) is 0 Å². The zero-order chi connectivity index (χ0) is 35.7. The zero-order valence-electron chi connectivity index (χ0n) is 27.3. The van der Waals surface area contributed by atoms with Crippen molar-refractivity contribution in [1.82, 2.24) is 0 Å². The van der Waals surface area contributed by atoms with Gasteiger partial charge in [0.2, 0.25) is 15.5 Å². The molecule has 0 bridgehead atoms. The number of primary sulfonamides is 1. The van der Waals surface area contributed by atoms with E-state index >= 15 is 0 Å². The maximum absolute atomic E-state index is 13.7. The predicted octanol–water partition coefficient (Wildman–Crippen LogP) is 2.56. The Bertz CT molecular complexity index is 1220. The quantitative estimate of drug-likeness (QED) is 0.110. The first-order chi connectivity index (χ1) is 20.9. The van der Waals surface area contributed by atoms with Gasteiger partial charge in [-0.1, -0.05) is 65.1 Å². The van der Waals surface area contributed by atoms with Crippen molar-refractivity contribution in [2.24, 2.45) is 16.0 Å². The summed E-state index contributed by atoms with van der Waals surface area (Å²) >= 11 is 1.86. The molecule has 0 saturated carbocycles. The van der Waals surface area contributed by atoms with E-state index in [9.17, 15) is 37.0 Å². The number of phosphoric acid groups is 1. The highest BCUT2D eigenvalue weighted by molar-refractivity contribution is 8.14. The lowest BCUT2D eigenvalue weighted by atomic mass is 9.99. The highest BCUT2D eigenvalue weighted by atomic mass is 32.2. The highest BCUT2D eigenvalue weighted by Gasteiger charge is 2.56. The molecule has 0 spiro atoms. The van der Waals surface area contributed by atoms with Crippen LogP contribution >= 0.6 is 31.3 Å². The number of esters is 3. The fraction of sp³-hybridized carbons (Fsp3) is 0.808. The highest BCUT2D eigenvalue weighted by Crippen LogP contribution is 2.50. The second kappa shape index (κ2) is 17.7. The average Bonchev–Trinajstić information content (AvgIpc) is 2.87. The lowest BCUT2D eigenvalue weighted by Crippen LogP contribution is -2.64. The van der Waals surface area contributed by atoms with Crippen molar-refractivity contribution in [2.45, 2.75) is 92.2 Å². The summed E-state index contributed by atoms with van der Waals surface area (Å²) in [7, 11) is -9.23. The maximum atomic E-state index is 13.7. The number of hydrogen-bond acceptors (Lipinski definition) is 17. The summed E-state index contributed by atoms with van der Waals surface area (Å²) in [5, 5.41) is 5.03. The third-order valence-corrected chi connectivity index (χ3v) is 10.6. The Labute approximate surface area is 277 Å². The normalized spacial score (nSPS) is 22.5. The first-order valence-electron chi connectivity index (χ1n) is 13.9. The number of ether oxygens (including phenoxy) is 4. The average molecular weight is 738 g/mol. The van der Waals surface area contributed by atoms with Gasteiger partial charge in [-0.15, -0.1) is 0 Å². The van der Waals surface area contributed by atoms with Gasteiger partial charge < -0.3 is 18.9 Å². The second-order valence-electron chi connectivity index (χ2n) is 12.0. The molecule has 20 heteroatoms. The van der Waals surface area contributed by atoms with Crippen LogP contribution in [0.1, 0.15) is 62.3 Å². The summed E-state index contributed by atoms with van der Waals surface area (Å²) in [6.07, 6.45) is -6.92. The van der Waals surface area contributed by atoms with Crippen molar-refractivity contribution in [2.75, 3.05) is 31.3 Å². The summed E-state index contributed by atoms with van der Waals surface area (Å²) in [6, 6.07) is 0. The molecule has 0 amide bonds. The number of hydrogen-bond donors (Lipinski definition) is 1. The number of thioether (sulfide) groups is 2. The molecule has 1 fully saturated rings. The molecule has 1 heterocycles. The summed E-state index contributed by atoms with van der Waals surface area (Å²) in [4.78, 5) is 60.4. The van der Waals surface area contributed by atoms with E-state index in [1.54, 1.807) is 41.5 Å². The fourth-order valence-corrected chi connectivity index (χ4v) is 7.41. The van der Waals surface area contributed by atoms with Gasteiger partial charge in [-0.25, -0.2) is 18.1 Å². The van der Waals surface area contributed by atoms with Crippen LogP contribution in [0.2, 0.25) is 0 Å². The number of carbonyl (C=O) groups is 5. The molecule has 2 N–H and O–H groups in total. The summed E-state index contributed by atoms with van der Waals surface area (Å²) < 4.78 is 76.1. The van der Waals surface area contributed by atoms with E-state index in [0.29, 0.717) is 0 Å². The molecule has 1 rings (SSSR count). The zero-order valence-corrected chi connectivity index (χ0v) is 30.6. The SMILES string of the molecule is CC(=O)O[C@@H]1[C@@H](OC(C)=O)[C@H](S(N)(=O)=O)O[C@H](COP(=O)(OCCSC(=O)C(C)(C)C)OCCSC(=O)C(C)(C)C)[C@H]1OC(C)=O. The van der Waals surface area contributed by atoms with E-state index in [1.807, 2.05) is 0 Å². The molecule has 1 aliphatic heterocycles. The van der Waals surface area contributed by atoms with E-state index < -0.39 is 83.0 Å². The van der Waals surface area contributed by atoms with Crippen molar-refractivity contribution < 1.29 is 69.5 Å². The Kier molecular flexibility index (Phi) is 16.4. The minimum atomic E-state index is -4.69. The van der Waals surface area contributed by atoms with Crippen LogP contribution in [0.15, 0.2) is 0 Å². The van der Waals surface area contributed by atoms with Crippen LogP contribution in [0.25, 0.3) is 0 Å². The van der Waals surface area contributed by atoms with Crippen molar-refractivity contribution in [3.8, 4) is 0 Å². The van der Waals surface area contributed by atoms with E-state index in [1.165, 1.54) is 0 Å². The van der Waals surface area contributed by atoms with Crippen molar-refractivity contribution in [3.63, 3.8) is 0 Å². The Hall–Kier alpha value is -1.57. The topological polar surface area (TPSA) is 227 Å². The van der Waals surface area contributed by atoms with Gasteiger partial charge in [0.15, 0.2) is 28.5 Å². The van der Waals surface area contributed by atoms with Crippen LogP contribution in [0, 0.1) is 10.8 Å². The molecule has 0 aromatic rings. The van der Waals surface area contributed by atoms with Gasteiger partial charge in [0.05, 0.1) is 19.8 Å². The van der Waals surface area contributed by atoms with E-state index in [-0.39, 0.29) is 35.0 Å². The van der Waals surface area contributed by atoms with Crippen LogP contribution < -0.4 is 5.14 Å². The Morgan fingerprint density at radius 3 is 1.48 bits per heavy atom. The van der Waals surface area contributed by atoms with E-state index in [4.69, 9.17) is 37.7 Å². The second-order valence-corrected chi connectivity index (χ2v) is 17.5. The Morgan fingerprint density at radius 1 is 0.717 bits per heavy atom. The van der Waals surface area contributed by atoms with Crippen LogP contribution in [0.4, 0.5) is 0 Å². The molecule has 0 aromatic carbocycles. The predicted molar refractivity (Wildman–Crippen MR) is 168 cm³/mol. The standard InChI is InChI=1S/C26H44NO15PS3/c1-15(28)39-19-18(42-22(46(27,34)35)21(41-17(3)30)20(19)40-16(2)29)14-38-43(33,36-10-12-44-23(31)25(4,5)6)37-11-13-45-24(32)26(7,8)9/h18-22H,10-14H2,1-9H3,(H2,27,34,35)/t18-,19-,20+,21-,22+/m1/s1. The number of carbonyl (C=O) groups excluding carboxylic acids is 5. The van der Waals surface area contributed by atoms with Crippen LogP contribution in [0.3, 0.4) is 0 Å². The van der Waals surface area contributed by atoms with Crippen molar-refractivity contribution in [1.29, 1.82) is 0 Å². The largest absolute Gasteiger partial charge is 0.474 e. The van der Waals surface area contributed by atoms with Gasteiger partial charge in [-0.3, -0.25) is 37.5 Å². The lowest BCUT2D eigenvalue weighted by molar-refractivity contribution is -0.236. The number of sulfonamides is 1. The smallest absolute Gasteiger partial charge is 0.456 e. The molecule has 46 heavy (non-hydrogen) atoms. The molecule has 266 valence electrons. The molecule has 0 aromatic heterocycles. The monoisotopic (exact) mass is 737 g/mol. The molecular formula is C26H44NO15PS3. The van der Waals surface area contributed by atoms with Gasteiger partial charge in [0, 0.05) is 43.1 Å². The molecule has 1 saturated heterocycles. The van der Waals surface area contributed by atoms with Crippen molar-refractivity contribution >= 4 is 69.5 Å². The van der Waals surface area contributed by atoms with Gasteiger partial charge >= 0.3 is 25.7 Å². The van der Waals surface area contributed by atoms with Gasteiger partial charge in [0.1, 0.15) is 6.10 Å². The van der Waals surface area contributed by atoms with Crippen molar-refractivity contribution in [3.05, 3.63) is 0 Å². The lowest BCUT2D eigenvalue weighted by Gasteiger charge is -2.43. The van der Waals surface area contributed by atoms with E-state index in [2.05, 4.69) is 0 Å². The van der Waals surface area contributed by atoms with Crippen LogP contribution in [0.5, 0.6) is 0 Å². The molecular weight excluding hydrogens is 693 g/mol. The Morgan fingerprint density at radius 2 is 1.11 bits per heavy atom. The fourth-order valence-electron chi connectivity index (χ4n) is 3.53. The summed E-state index contributed by atoms with van der Waals surface area (Å²) in [5.41, 5.74) is -3.43. The first kappa shape index (κ1) is 42.5. The molecule has 16 nitrogen and oxygen atoms in total. The number of phosphoric ester groups is 1. The van der Waals surface area contributed by atoms with Gasteiger partial charge in [-0.2, -0.15) is 0 Å². The molecule has 5 atom stereocenters.